The normalized spacial score (nSPS) is 21.8. The van der Waals surface area contributed by atoms with Crippen molar-refractivity contribution in [2.45, 2.75) is 66.8 Å². The molecule has 0 aliphatic carbocycles. The van der Waals surface area contributed by atoms with E-state index in [-0.39, 0.29) is 6.04 Å². The molecule has 0 aromatic heterocycles. The summed E-state index contributed by atoms with van der Waals surface area (Å²) in [5.74, 6) is 0.564. The van der Waals surface area contributed by atoms with Crippen LogP contribution < -0.4 is 5.32 Å². The summed E-state index contributed by atoms with van der Waals surface area (Å²) >= 11 is 0. The van der Waals surface area contributed by atoms with Gasteiger partial charge in [0, 0.05) is 25.2 Å². The van der Waals surface area contributed by atoms with Gasteiger partial charge in [-0.3, -0.25) is 5.01 Å². The van der Waals surface area contributed by atoms with Crippen molar-refractivity contribution in [3.63, 3.8) is 0 Å². The zero-order valence-corrected chi connectivity index (χ0v) is 16.8. The lowest BCUT2D eigenvalue weighted by atomic mass is 10.0. The number of hydrogen-bond donors (Lipinski definition) is 1. The monoisotopic (exact) mass is 333 g/mol. The molecule has 0 saturated carbocycles. The fraction of sp³-hybridized carbons (Fsp3) is 0.667. The third-order valence-electron chi connectivity index (χ3n) is 4.25. The zero-order valence-electron chi connectivity index (χ0n) is 16.8. The van der Waals surface area contributed by atoms with E-state index in [2.05, 4.69) is 62.8 Å². The number of nitrogens with zero attached hydrogens (tertiary/aromatic N) is 2. The first-order chi connectivity index (χ1) is 11.6. The second-order valence-corrected chi connectivity index (χ2v) is 5.93. The topological polar surface area (TPSA) is 27.6 Å². The molecule has 1 heterocycles. The number of hydrogen-bond acceptors (Lipinski definition) is 3. The first-order valence-corrected chi connectivity index (χ1v) is 9.67. The van der Waals surface area contributed by atoms with Crippen LogP contribution in [-0.2, 0) is 0 Å². The third kappa shape index (κ3) is 7.96. The molecule has 0 bridgehead atoms. The molecule has 2 atom stereocenters. The van der Waals surface area contributed by atoms with Crippen LogP contribution in [0.1, 0.15) is 60.8 Å². The summed E-state index contributed by atoms with van der Waals surface area (Å²) < 4.78 is 0. The molecule has 1 saturated heterocycles. The largest absolute Gasteiger partial charge is 0.316 e. The van der Waals surface area contributed by atoms with E-state index in [0.717, 1.165) is 32.5 Å². The van der Waals surface area contributed by atoms with Crippen molar-refractivity contribution in [2.75, 3.05) is 19.6 Å². The molecule has 0 aromatic rings. The van der Waals surface area contributed by atoms with Crippen molar-refractivity contribution in [1.29, 1.82) is 0 Å². The summed E-state index contributed by atoms with van der Waals surface area (Å²) in [7, 11) is 0. The quantitative estimate of drug-likeness (QED) is 0.513. The third-order valence-corrected chi connectivity index (χ3v) is 4.25. The summed E-state index contributed by atoms with van der Waals surface area (Å²) in [6, 6.07) is 0.265. The summed E-state index contributed by atoms with van der Waals surface area (Å²) in [4.78, 5) is 0. The average Bonchev–Trinajstić information content (AvgIpc) is 2.82. The maximum Gasteiger partial charge on any atom is 0.0691 e. The molecule has 2 unspecified atom stereocenters. The van der Waals surface area contributed by atoms with Gasteiger partial charge in [-0.2, -0.15) is 5.10 Å². The van der Waals surface area contributed by atoms with Gasteiger partial charge in [-0.1, -0.05) is 58.6 Å². The zero-order chi connectivity index (χ0) is 18.4. The lowest BCUT2D eigenvalue weighted by molar-refractivity contribution is 0.258. The molecule has 0 radical (unpaired) electrons. The van der Waals surface area contributed by atoms with Gasteiger partial charge in [-0.25, -0.2) is 0 Å². The molecule has 1 aliphatic rings. The van der Waals surface area contributed by atoms with E-state index in [1.807, 2.05) is 19.9 Å². The maximum absolute atomic E-state index is 5.01. The standard InChI is InChI=1S/C19H33N3.C2H6/c1-6-9-11-18(10-7-2)17(5)22(8-3)21-19-13-15-20-14-12-16(19)4;1-2/h7,9-11,16-17,20H,2,6,8,12-15H2,1,3-5H3;1-2H3/b11-9-,18-10+,21-19-;. The van der Waals surface area contributed by atoms with E-state index in [1.54, 1.807) is 0 Å². The molecule has 3 nitrogen and oxygen atoms in total. The predicted octanol–water partition coefficient (Wildman–Crippen LogP) is 5.18. The minimum absolute atomic E-state index is 0.265. The van der Waals surface area contributed by atoms with Crippen molar-refractivity contribution in [3.05, 3.63) is 36.5 Å². The molecule has 0 spiro atoms. The molecule has 1 rings (SSSR count). The van der Waals surface area contributed by atoms with Gasteiger partial charge >= 0.3 is 0 Å². The Morgan fingerprint density at radius 3 is 2.67 bits per heavy atom. The van der Waals surface area contributed by atoms with Gasteiger partial charge in [-0.15, -0.1) is 0 Å². The summed E-state index contributed by atoms with van der Waals surface area (Å²) in [5.41, 5.74) is 2.60. The van der Waals surface area contributed by atoms with E-state index >= 15 is 0 Å². The van der Waals surface area contributed by atoms with Gasteiger partial charge < -0.3 is 5.32 Å². The highest BCUT2D eigenvalue weighted by Crippen LogP contribution is 2.17. The van der Waals surface area contributed by atoms with Crippen LogP contribution in [0.5, 0.6) is 0 Å². The van der Waals surface area contributed by atoms with E-state index in [0.29, 0.717) is 5.92 Å². The van der Waals surface area contributed by atoms with Crippen LogP contribution in [0.2, 0.25) is 0 Å². The Bertz CT molecular complexity index is 421. The van der Waals surface area contributed by atoms with E-state index in [1.165, 1.54) is 17.7 Å². The Balaban J connectivity index is 0.00000254. The Kier molecular flexibility index (Phi) is 13.2. The fourth-order valence-electron chi connectivity index (χ4n) is 2.71. The molecule has 1 N–H and O–H groups in total. The highest BCUT2D eigenvalue weighted by Gasteiger charge is 2.18. The first kappa shape index (κ1) is 22.6. The minimum atomic E-state index is 0.265. The predicted molar refractivity (Wildman–Crippen MR) is 110 cm³/mol. The molecule has 0 amide bonds. The summed E-state index contributed by atoms with van der Waals surface area (Å²) in [6.07, 6.45) is 11.6. The van der Waals surface area contributed by atoms with Crippen LogP contribution in [0.4, 0.5) is 0 Å². The highest BCUT2D eigenvalue weighted by molar-refractivity contribution is 5.86. The van der Waals surface area contributed by atoms with Crippen molar-refractivity contribution in [3.8, 4) is 0 Å². The Hall–Kier alpha value is -1.35. The van der Waals surface area contributed by atoms with Crippen LogP contribution in [0.15, 0.2) is 41.6 Å². The molecule has 138 valence electrons. The van der Waals surface area contributed by atoms with Crippen LogP contribution in [0.25, 0.3) is 0 Å². The van der Waals surface area contributed by atoms with E-state index in [9.17, 15) is 0 Å². The van der Waals surface area contributed by atoms with Gasteiger partial charge in [0.05, 0.1) is 6.04 Å². The van der Waals surface area contributed by atoms with Gasteiger partial charge in [0.15, 0.2) is 0 Å². The van der Waals surface area contributed by atoms with Gasteiger partial charge in [-0.05, 0) is 44.7 Å². The Labute approximate surface area is 150 Å². The average molecular weight is 334 g/mol. The number of rotatable bonds is 7. The maximum atomic E-state index is 5.01. The molecule has 3 heteroatoms. The Morgan fingerprint density at radius 2 is 2.08 bits per heavy atom. The summed E-state index contributed by atoms with van der Waals surface area (Å²) in [5, 5.41) is 10.7. The Morgan fingerprint density at radius 1 is 1.38 bits per heavy atom. The van der Waals surface area contributed by atoms with Crippen LogP contribution in [0.3, 0.4) is 0 Å². The number of nitrogens with one attached hydrogen (secondary N) is 1. The molecule has 24 heavy (non-hydrogen) atoms. The lowest BCUT2D eigenvalue weighted by Crippen LogP contribution is -2.31. The van der Waals surface area contributed by atoms with Crippen LogP contribution >= 0.6 is 0 Å². The minimum Gasteiger partial charge on any atom is -0.316 e. The lowest BCUT2D eigenvalue weighted by Gasteiger charge is -2.28. The van der Waals surface area contributed by atoms with E-state index in [4.69, 9.17) is 5.10 Å². The fourth-order valence-corrected chi connectivity index (χ4v) is 2.71. The van der Waals surface area contributed by atoms with Crippen molar-refractivity contribution in [2.24, 2.45) is 11.0 Å². The molecule has 0 aromatic carbocycles. The second-order valence-electron chi connectivity index (χ2n) is 5.93. The second kappa shape index (κ2) is 14.0. The van der Waals surface area contributed by atoms with Crippen LogP contribution in [0, 0.1) is 5.92 Å². The number of allylic oxidation sites excluding steroid dienone is 3. The number of hydrazone groups is 1. The van der Waals surface area contributed by atoms with Gasteiger partial charge in [0.1, 0.15) is 0 Å². The van der Waals surface area contributed by atoms with Crippen molar-refractivity contribution >= 4 is 5.71 Å². The smallest absolute Gasteiger partial charge is 0.0691 e. The molecular formula is C21H39N3. The summed E-state index contributed by atoms with van der Waals surface area (Å²) in [6.45, 7) is 19.8. The van der Waals surface area contributed by atoms with Crippen molar-refractivity contribution < 1.29 is 0 Å². The van der Waals surface area contributed by atoms with Gasteiger partial charge in [0.2, 0.25) is 0 Å². The van der Waals surface area contributed by atoms with E-state index < -0.39 is 0 Å². The SMILES string of the molecule is C=C/C=C(\C=C/CC)C(C)N(CC)/N=C1/CCNCCC1C.CC. The molecule has 1 fully saturated rings. The molecule has 1 aliphatic heterocycles. The number of likely N-dealkylation sites (N-methyl/N-ethyl adjacent to an activating group) is 1. The highest BCUT2D eigenvalue weighted by atomic mass is 15.5. The molecular weight excluding hydrogens is 294 g/mol. The van der Waals surface area contributed by atoms with Crippen molar-refractivity contribution in [1.82, 2.24) is 10.3 Å². The van der Waals surface area contributed by atoms with Crippen LogP contribution in [-0.4, -0.2) is 36.4 Å². The first-order valence-electron chi connectivity index (χ1n) is 9.67. The van der Waals surface area contributed by atoms with Gasteiger partial charge in [0.25, 0.3) is 0 Å².